The Balaban J connectivity index is 1.69. The van der Waals surface area contributed by atoms with E-state index in [0.717, 1.165) is 42.5 Å². The van der Waals surface area contributed by atoms with Crippen LogP contribution in [0.5, 0.6) is 0 Å². The summed E-state index contributed by atoms with van der Waals surface area (Å²) in [7, 11) is 1.37. The second kappa shape index (κ2) is 6.24. The third kappa shape index (κ3) is 3.11. The standard InChI is InChI=1S/C17H19N3O3/c1-23-16(22)12-6-3-10(4-7-12)2-5-11-8-9-13-14(11)15(21)20-17(18)19-13/h3-4,6-7,11H,2,5,8-9H2,1H3,(H3,18,19,20,21). The molecule has 0 saturated heterocycles. The van der Waals surface area contributed by atoms with Crippen LogP contribution >= 0.6 is 0 Å². The van der Waals surface area contributed by atoms with E-state index in [1.54, 1.807) is 12.1 Å². The highest BCUT2D eigenvalue weighted by molar-refractivity contribution is 5.89. The number of anilines is 1. The van der Waals surface area contributed by atoms with Crippen LogP contribution in [0.4, 0.5) is 5.95 Å². The average Bonchev–Trinajstić information content (AvgIpc) is 2.95. The number of hydrogen-bond acceptors (Lipinski definition) is 5. The van der Waals surface area contributed by atoms with Crippen LogP contribution in [0, 0.1) is 0 Å². The molecule has 23 heavy (non-hydrogen) atoms. The number of carbonyl (C=O) groups is 1. The SMILES string of the molecule is COC(=O)c1ccc(CCC2CCc3nc(N)[nH]c(=O)c32)cc1. The minimum Gasteiger partial charge on any atom is -0.465 e. The number of aromatic nitrogens is 2. The molecule has 3 rings (SSSR count). The Morgan fingerprint density at radius 2 is 2.13 bits per heavy atom. The predicted octanol–water partition coefficient (Wildman–Crippen LogP) is 1.80. The normalized spacial score (nSPS) is 16.1. The lowest BCUT2D eigenvalue weighted by Gasteiger charge is -2.10. The van der Waals surface area contributed by atoms with Gasteiger partial charge in [0.1, 0.15) is 0 Å². The van der Waals surface area contributed by atoms with Crippen LogP contribution in [0.1, 0.15) is 45.9 Å². The van der Waals surface area contributed by atoms with Crippen molar-refractivity contribution in [3.63, 3.8) is 0 Å². The summed E-state index contributed by atoms with van der Waals surface area (Å²) in [5, 5.41) is 0. The maximum Gasteiger partial charge on any atom is 0.337 e. The van der Waals surface area contributed by atoms with Crippen LogP contribution in [0.25, 0.3) is 0 Å². The average molecular weight is 313 g/mol. The van der Waals surface area contributed by atoms with Crippen LogP contribution < -0.4 is 11.3 Å². The number of hydrogen-bond donors (Lipinski definition) is 2. The molecule has 1 unspecified atom stereocenters. The van der Waals surface area contributed by atoms with Gasteiger partial charge in [-0.1, -0.05) is 12.1 Å². The highest BCUT2D eigenvalue weighted by Gasteiger charge is 2.27. The van der Waals surface area contributed by atoms with E-state index in [4.69, 9.17) is 5.73 Å². The predicted molar refractivity (Wildman–Crippen MR) is 86.4 cm³/mol. The largest absolute Gasteiger partial charge is 0.465 e. The summed E-state index contributed by atoms with van der Waals surface area (Å²) in [6.45, 7) is 0. The van der Waals surface area contributed by atoms with E-state index in [-0.39, 0.29) is 23.4 Å². The number of H-pyrrole nitrogens is 1. The van der Waals surface area contributed by atoms with E-state index in [0.29, 0.717) is 5.56 Å². The third-order valence-electron chi connectivity index (χ3n) is 4.35. The number of nitrogens with zero attached hydrogens (tertiary/aromatic N) is 1. The summed E-state index contributed by atoms with van der Waals surface area (Å²) in [6, 6.07) is 7.37. The van der Waals surface area contributed by atoms with Gasteiger partial charge in [0.15, 0.2) is 0 Å². The summed E-state index contributed by atoms with van der Waals surface area (Å²) in [5.41, 5.74) is 8.76. The van der Waals surface area contributed by atoms with Gasteiger partial charge in [0, 0.05) is 5.56 Å². The maximum absolute atomic E-state index is 12.1. The number of ether oxygens (including phenoxy) is 1. The second-order valence-corrected chi connectivity index (χ2v) is 5.77. The van der Waals surface area contributed by atoms with Crippen LogP contribution in [-0.4, -0.2) is 23.0 Å². The van der Waals surface area contributed by atoms with E-state index in [1.165, 1.54) is 7.11 Å². The number of esters is 1. The molecule has 3 N–H and O–H groups in total. The Morgan fingerprint density at radius 1 is 1.39 bits per heavy atom. The highest BCUT2D eigenvalue weighted by atomic mass is 16.5. The maximum atomic E-state index is 12.1. The lowest BCUT2D eigenvalue weighted by atomic mass is 9.95. The van der Waals surface area contributed by atoms with Crippen LogP contribution in [0.15, 0.2) is 29.1 Å². The number of nitrogens with two attached hydrogens (primary N) is 1. The molecule has 1 aromatic heterocycles. The molecule has 6 nitrogen and oxygen atoms in total. The first-order chi connectivity index (χ1) is 11.1. The molecule has 1 aliphatic rings. The van der Waals surface area contributed by atoms with Gasteiger partial charge in [-0.05, 0) is 49.3 Å². The molecule has 1 aliphatic carbocycles. The minimum atomic E-state index is -0.337. The molecular weight excluding hydrogens is 294 g/mol. The number of aromatic amines is 1. The zero-order valence-electron chi connectivity index (χ0n) is 13.0. The van der Waals surface area contributed by atoms with Gasteiger partial charge in [0.25, 0.3) is 5.56 Å². The molecule has 0 bridgehead atoms. The molecule has 0 fully saturated rings. The van der Waals surface area contributed by atoms with Crippen molar-refractivity contribution in [3.8, 4) is 0 Å². The number of rotatable bonds is 4. The zero-order valence-corrected chi connectivity index (χ0v) is 13.0. The smallest absolute Gasteiger partial charge is 0.337 e. The van der Waals surface area contributed by atoms with Crippen LogP contribution in [0.2, 0.25) is 0 Å². The highest BCUT2D eigenvalue weighted by Crippen LogP contribution is 2.33. The third-order valence-corrected chi connectivity index (χ3v) is 4.35. The number of aryl methyl sites for hydroxylation is 2. The van der Waals surface area contributed by atoms with Crippen molar-refractivity contribution in [3.05, 3.63) is 57.0 Å². The summed E-state index contributed by atoms with van der Waals surface area (Å²) in [5.74, 6) is 0.0615. The summed E-state index contributed by atoms with van der Waals surface area (Å²) >= 11 is 0. The van der Waals surface area contributed by atoms with Gasteiger partial charge in [0.05, 0.1) is 18.4 Å². The molecule has 1 aromatic carbocycles. The van der Waals surface area contributed by atoms with Gasteiger partial charge in [-0.2, -0.15) is 0 Å². The van der Waals surface area contributed by atoms with Crippen LogP contribution in [0.3, 0.4) is 0 Å². The Labute approximate surface area is 133 Å². The first kappa shape index (κ1) is 15.3. The number of nitrogen functional groups attached to an aromatic ring is 1. The molecule has 0 radical (unpaired) electrons. The summed E-state index contributed by atoms with van der Waals surface area (Å²) < 4.78 is 4.68. The van der Waals surface area contributed by atoms with Crippen molar-refractivity contribution in [1.82, 2.24) is 9.97 Å². The Kier molecular flexibility index (Phi) is 4.14. The first-order valence-corrected chi connectivity index (χ1v) is 7.64. The fraction of sp³-hybridized carbons (Fsp3) is 0.353. The van der Waals surface area contributed by atoms with Gasteiger partial charge in [-0.15, -0.1) is 0 Å². The van der Waals surface area contributed by atoms with E-state index in [1.807, 2.05) is 12.1 Å². The van der Waals surface area contributed by atoms with Crippen molar-refractivity contribution in [2.45, 2.75) is 31.6 Å². The van der Waals surface area contributed by atoms with Crippen molar-refractivity contribution >= 4 is 11.9 Å². The molecule has 0 amide bonds. The van der Waals surface area contributed by atoms with E-state index in [9.17, 15) is 9.59 Å². The fourth-order valence-electron chi connectivity index (χ4n) is 3.17. The number of benzene rings is 1. The molecule has 6 heteroatoms. The Hall–Kier alpha value is -2.63. The number of fused-ring (bicyclic) bond motifs is 1. The topological polar surface area (TPSA) is 98.1 Å². The van der Waals surface area contributed by atoms with Gasteiger partial charge in [0.2, 0.25) is 5.95 Å². The van der Waals surface area contributed by atoms with Crippen LogP contribution in [-0.2, 0) is 17.6 Å². The molecule has 1 atom stereocenters. The van der Waals surface area contributed by atoms with E-state index < -0.39 is 0 Å². The number of methoxy groups -OCH3 is 1. The molecule has 0 saturated carbocycles. The molecule has 120 valence electrons. The van der Waals surface area contributed by atoms with Gasteiger partial charge < -0.3 is 10.5 Å². The summed E-state index contributed by atoms with van der Waals surface area (Å²) in [4.78, 5) is 30.3. The minimum absolute atomic E-state index is 0.115. The second-order valence-electron chi connectivity index (χ2n) is 5.77. The van der Waals surface area contributed by atoms with E-state index in [2.05, 4.69) is 14.7 Å². The quantitative estimate of drug-likeness (QED) is 0.839. The zero-order chi connectivity index (χ0) is 16.4. The number of carbonyl (C=O) groups excluding carboxylic acids is 1. The fourth-order valence-corrected chi connectivity index (χ4v) is 3.17. The molecule has 0 spiro atoms. The lowest BCUT2D eigenvalue weighted by molar-refractivity contribution is 0.0600. The van der Waals surface area contributed by atoms with Crippen molar-refractivity contribution in [2.24, 2.45) is 0 Å². The first-order valence-electron chi connectivity index (χ1n) is 7.64. The van der Waals surface area contributed by atoms with Gasteiger partial charge >= 0.3 is 5.97 Å². The lowest BCUT2D eigenvalue weighted by Crippen LogP contribution is -2.18. The van der Waals surface area contributed by atoms with Crippen molar-refractivity contribution < 1.29 is 9.53 Å². The molecular formula is C17H19N3O3. The number of nitrogens with one attached hydrogen (secondary N) is 1. The van der Waals surface area contributed by atoms with Crippen molar-refractivity contribution in [1.29, 1.82) is 0 Å². The Morgan fingerprint density at radius 3 is 2.83 bits per heavy atom. The van der Waals surface area contributed by atoms with Gasteiger partial charge in [-0.25, -0.2) is 9.78 Å². The summed E-state index contributed by atoms with van der Waals surface area (Å²) in [6.07, 6.45) is 3.44. The van der Waals surface area contributed by atoms with Crippen molar-refractivity contribution in [2.75, 3.05) is 12.8 Å². The van der Waals surface area contributed by atoms with Gasteiger partial charge in [-0.3, -0.25) is 9.78 Å². The molecule has 0 aliphatic heterocycles. The Bertz CT molecular complexity index is 781. The molecule has 1 heterocycles. The monoisotopic (exact) mass is 313 g/mol. The van der Waals surface area contributed by atoms with E-state index >= 15 is 0 Å². The molecule has 2 aromatic rings.